The molecule has 0 aromatic heterocycles. The maximum absolute atomic E-state index is 13.6. The van der Waals surface area contributed by atoms with Gasteiger partial charge in [0.1, 0.15) is 17.7 Å². The number of carbonyl (C=O) groups is 6. The number of amides is 5. The van der Waals surface area contributed by atoms with Crippen molar-refractivity contribution >= 4 is 35.7 Å². The Bertz CT molecular complexity index is 2050. The number of esters is 1. The number of ether oxygens (including phenoxy) is 28. The Kier molecular flexibility index (Phi) is 75.0. The number of alkyl carbamates (subject to hydrolysis) is 1. The summed E-state index contributed by atoms with van der Waals surface area (Å²) in [5, 5.41) is 8.01. The Morgan fingerprint density at radius 2 is 0.536 bits per heavy atom. The van der Waals surface area contributed by atoms with Gasteiger partial charge in [-0.2, -0.15) is 0 Å². The van der Waals surface area contributed by atoms with Gasteiger partial charge >= 0.3 is 12.1 Å². The van der Waals surface area contributed by atoms with E-state index in [0.29, 0.717) is 264 Å². The van der Waals surface area contributed by atoms with Crippen molar-refractivity contribution in [3.8, 4) is 0 Å². The Labute approximate surface area is 650 Å². The van der Waals surface area contributed by atoms with Crippen molar-refractivity contribution < 1.29 is 161 Å². The predicted molar refractivity (Wildman–Crippen MR) is 392 cm³/mol. The van der Waals surface area contributed by atoms with Gasteiger partial charge in [0.05, 0.1) is 337 Å². The molecule has 0 spiro atoms. The van der Waals surface area contributed by atoms with E-state index in [-0.39, 0.29) is 105 Å². The zero-order chi connectivity index (χ0) is 79.7. The highest BCUT2D eigenvalue weighted by atomic mass is 16.6. The first-order chi connectivity index (χ1) is 53.8. The molecule has 646 valence electrons. The van der Waals surface area contributed by atoms with Gasteiger partial charge in [-0.3, -0.25) is 28.9 Å². The molecule has 1 heterocycles. The van der Waals surface area contributed by atoms with Gasteiger partial charge in [-0.25, -0.2) is 4.79 Å². The number of hydrogen-bond acceptors (Lipinski definition) is 34. The van der Waals surface area contributed by atoms with Crippen LogP contribution in [0.4, 0.5) is 4.79 Å². The van der Waals surface area contributed by atoms with Crippen molar-refractivity contribution in [3.05, 3.63) is 12.2 Å². The van der Waals surface area contributed by atoms with Crippen molar-refractivity contribution in [1.29, 1.82) is 0 Å². The number of rotatable bonds is 88. The molecule has 0 aromatic rings. The molecule has 0 aliphatic carbocycles. The number of imide groups is 1. The monoisotopic (exact) mass is 1600 g/mol. The fourth-order valence-electron chi connectivity index (χ4n) is 8.43. The van der Waals surface area contributed by atoms with Crippen molar-refractivity contribution in [1.82, 2.24) is 20.9 Å². The van der Waals surface area contributed by atoms with Gasteiger partial charge in [-0.05, 0) is 20.8 Å². The Balaban J connectivity index is 2.39. The SMILES string of the molecule is COCCOCCOCCOCCOCCOCCOCCOCCOCCOCCOCCOCCOCC(COCCOCCOCCOCCOCCOCCOCCOCCOCCOCCOCCOCCOC)(COC(=O)NCCC(=O)OC(C)(C)C)NC(=O)CCNC(=O)CCN1C(=O)C=CC1=O. The van der Waals surface area contributed by atoms with Crippen molar-refractivity contribution in [2.24, 2.45) is 0 Å². The number of nitrogens with zero attached hydrogens (tertiary/aromatic N) is 1. The average Bonchev–Trinajstić information content (AvgIpc) is 0.885. The molecule has 0 unspecified atom stereocenters. The second kappa shape index (κ2) is 79.7. The van der Waals surface area contributed by atoms with Crippen LogP contribution >= 0.6 is 0 Å². The molecule has 1 rings (SSSR count). The average molecular weight is 1600 g/mol. The topological polar surface area (TPSA) is 400 Å². The molecular formula is C72H134N4O34. The second-order valence-electron chi connectivity index (χ2n) is 24.2. The van der Waals surface area contributed by atoms with E-state index in [2.05, 4.69) is 16.0 Å². The number of methoxy groups -OCH3 is 2. The van der Waals surface area contributed by atoms with Crippen LogP contribution in [0.15, 0.2) is 12.2 Å². The molecule has 0 radical (unpaired) electrons. The quantitative estimate of drug-likeness (QED) is 0.0404. The minimum Gasteiger partial charge on any atom is -0.460 e. The van der Waals surface area contributed by atoms with Gasteiger partial charge < -0.3 is 149 Å². The molecule has 38 heteroatoms. The van der Waals surface area contributed by atoms with E-state index in [1.54, 1.807) is 35.0 Å². The lowest BCUT2D eigenvalue weighted by Gasteiger charge is -2.34. The lowest BCUT2D eigenvalue weighted by Crippen LogP contribution is -2.59. The third-order valence-electron chi connectivity index (χ3n) is 13.8. The summed E-state index contributed by atoms with van der Waals surface area (Å²) in [4.78, 5) is 76.5. The van der Waals surface area contributed by atoms with Crippen LogP contribution in [-0.4, -0.2) is 423 Å². The Morgan fingerprint density at radius 1 is 0.300 bits per heavy atom. The fraction of sp³-hybridized carbons (Fsp3) is 0.889. The maximum Gasteiger partial charge on any atom is 0.407 e. The van der Waals surface area contributed by atoms with E-state index in [4.69, 9.17) is 133 Å². The summed E-state index contributed by atoms with van der Waals surface area (Å²) in [5.41, 5.74) is -2.23. The summed E-state index contributed by atoms with van der Waals surface area (Å²) in [6, 6.07) is 0. The highest BCUT2D eigenvalue weighted by Gasteiger charge is 2.35. The smallest absolute Gasteiger partial charge is 0.407 e. The number of carbonyl (C=O) groups excluding carboxylic acids is 6. The van der Waals surface area contributed by atoms with Crippen LogP contribution < -0.4 is 16.0 Å². The lowest BCUT2D eigenvalue weighted by molar-refractivity contribution is -0.154. The van der Waals surface area contributed by atoms with Crippen LogP contribution in [-0.2, 0) is 157 Å². The van der Waals surface area contributed by atoms with E-state index < -0.39 is 53.4 Å². The van der Waals surface area contributed by atoms with Crippen molar-refractivity contribution in [3.63, 3.8) is 0 Å². The molecule has 0 saturated carbocycles. The van der Waals surface area contributed by atoms with E-state index in [1.807, 2.05) is 0 Å². The van der Waals surface area contributed by atoms with Crippen LogP contribution in [0.1, 0.15) is 40.0 Å². The summed E-state index contributed by atoms with van der Waals surface area (Å²) >= 11 is 0. The lowest BCUT2D eigenvalue weighted by atomic mass is 10.0. The normalized spacial score (nSPS) is 12.5. The minimum absolute atomic E-state index is 0.0447. The van der Waals surface area contributed by atoms with Gasteiger partial charge in [0.15, 0.2) is 0 Å². The van der Waals surface area contributed by atoms with Crippen LogP contribution in [0.25, 0.3) is 0 Å². The van der Waals surface area contributed by atoms with Gasteiger partial charge in [-0.1, -0.05) is 0 Å². The second-order valence-corrected chi connectivity index (χ2v) is 24.2. The predicted octanol–water partition coefficient (Wildman–Crippen LogP) is -0.188. The van der Waals surface area contributed by atoms with E-state index in [1.165, 1.54) is 0 Å². The number of nitrogens with one attached hydrogen (secondary N) is 3. The molecule has 3 N–H and O–H groups in total. The molecule has 0 saturated heterocycles. The molecule has 38 nitrogen and oxygen atoms in total. The molecule has 0 atom stereocenters. The Morgan fingerprint density at radius 3 is 0.782 bits per heavy atom. The molecule has 0 bridgehead atoms. The largest absolute Gasteiger partial charge is 0.460 e. The van der Waals surface area contributed by atoms with Gasteiger partial charge in [0.25, 0.3) is 11.8 Å². The van der Waals surface area contributed by atoms with Crippen LogP contribution in [0.3, 0.4) is 0 Å². The van der Waals surface area contributed by atoms with E-state index >= 15 is 0 Å². The Hall–Kier alpha value is -4.48. The zero-order valence-corrected chi connectivity index (χ0v) is 66.3. The highest BCUT2D eigenvalue weighted by molar-refractivity contribution is 6.13. The van der Waals surface area contributed by atoms with Crippen LogP contribution in [0, 0.1) is 0 Å². The first-order valence-electron chi connectivity index (χ1n) is 37.9. The third kappa shape index (κ3) is 73.7. The summed E-state index contributed by atoms with van der Waals surface area (Å²) in [6.07, 6.45) is 0.804. The standard InChI is InChI=1S/C72H134N4O34/c1-71(2,3)110-69(81)9-12-74-70(82)109-64-72(75-66(78)8-11-73-65(77)10-13-76-67(79)6-7-68(76)80,62-107-60-58-105-56-54-103-52-50-101-48-46-99-44-42-97-40-38-95-36-34-93-32-30-91-28-26-89-24-22-87-20-18-85-16-14-83-4)63-108-61-59-106-57-55-104-53-51-102-49-47-100-45-43-98-41-39-96-37-35-94-33-31-92-29-27-90-25-23-88-21-19-86-17-15-84-5/h6-7H,8-64H2,1-5H3,(H,73,77)(H,74,82)(H,75,78). The molecule has 110 heavy (non-hydrogen) atoms. The fourth-order valence-corrected chi connectivity index (χ4v) is 8.43. The summed E-state index contributed by atoms with van der Waals surface area (Å²) in [5.74, 6) is -2.64. The molecule has 1 aliphatic rings. The first-order valence-corrected chi connectivity index (χ1v) is 37.9. The van der Waals surface area contributed by atoms with E-state index in [9.17, 15) is 28.8 Å². The van der Waals surface area contributed by atoms with Crippen molar-refractivity contribution in [2.45, 2.75) is 51.2 Å². The van der Waals surface area contributed by atoms with Gasteiger partial charge in [0, 0.05) is 58.8 Å². The van der Waals surface area contributed by atoms with Crippen LogP contribution in [0.2, 0.25) is 0 Å². The summed E-state index contributed by atoms with van der Waals surface area (Å²) in [6.45, 7) is 23.3. The summed E-state index contributed by atoms with van der Waals surface area (Å²) in [7, 11) is 3.26. The highest BCUT2D eigenvalue weighted by Crippen LogP contribution is 2.12. The first kappa shape index (κ1) is 104. The van der Waals surface area contributed by atoms with Gasteiger partial charge in [-0.15, -0.1) is 0 Å². The molecule has 0 aromatic carbocycles. The zero-order valence-electron chi connectivity index (χ0n) is 66.3. The van der Waals surface area contributed by atoms with E-state index in [0.717, 1.165) is 17.1 Å². The van der Waals surface area contributed by atoms with Gasteiger partial charge in [0.2, 0.25) is 11.8 Å². The minimum atomic E-state index is -1.50. The molecule has 1 aliphatic heterocycles. The maximum atomic E-state index is 13.6. The number of hydrogen-bond donors (Lipinski definition) is 3. The molecule has 0 fully saturated rings. The summed E-state index contributed by atoms with van der Waals surface area (Å²) < 4.78 is 154. The van der Waals surface area contributed by atoms with Crippen LogP contribution in [0.5, 0.6) is 0 Å². The van der Waals surface area contributed by atoms with Crippen molar-refractivity contribution in [2.75, 3.05) is 371 Å². The molecule has 5 amide bonds. The third-order valence-corrected chi connectivity index (χ3v) is 13.8. The molecular weight excluding hydrogens is 1460 g/mol.